The van der Waals surface area contributed by atoms with Crippen LogP contribution in [-0.4, -0.2) is 27.0 Å². The third-order valence-corrected chi connectivity index (χ3v) is 5.45. The SMILES string of the molecule is CCN1Cc2c(n(CCc3ccncc3)c3ccccc23)CC1C. The third-order valence-electron chi connectivity index (χ3n) is 5.45. The van der Waals surface area contributed by atoms with E-state index in [1.165, 1.54) is 16.5 Å². The number of nitrogens with zero attached hydrogens (tertiary/aromatic N) is 3. The van der Waals surface area contributed by atoms with Gasteiger partial charge in [-0.05, 0) is 49.2 Å². The van der Waals surface area contributed by atoms with Gasteiger partial charge in [-0.1, -0.05) is 25.1 Å². The van der Waals surface area contributed by atoms with E-state index in [-0.39, 0.29) is 0 Å². The van der Waals surface area contributed by atoms with Gasteiger partial charge in [0.2, 0.25) is 0 Å². The van der Waals surface area contributed by atoms with Crippen molar-refractivity contribution >= 4 is 10.9 Å². The van der Waals surface area contributed by atoms with Crippen LogP contribution >= 0.6 is 0 Å². The average Bonchev–Trinajstić information content (AvgIpc) is 2.93. The molecule has 124 valence electrons. The van der Waals surface area contributed by atoms with Crippen molar-refractivity contribution in [2.75, 3.05) is 6.54 Å². The minimum atomic E-state index is 0.617. The van der Waals surface area contributed by atoms with Crippen LogP contribution in [0.25, 0.3) is 10.9 Å². The van der Waals surface area contributed by atoms with Crippen LogP contribution < -0.4 is 0 Å². The minimum Gasteiger partial charge on any atom is -0.344 e. The number of likely N-dealkylation sites (N-methyl/N-ethyl adjacent to an activating group) is 1. The molecule has 3 nitrogen and oxygen atoms in total. The molecule has 1 atom stereocenters. The molecule has 1 aliphatic heterocycles. The lowest BCUT2D eigenvalue weighted by Crippen LogP contribution is -2.38. The van der Waals surface area contributed by atoms with Gasteiger partial charge in [0.1, 0.15) is 0 Å². The zero-order valence-corrected chi connectivity index (χ0v) is 14.6. The summed E-state index contributed by atoms with van der Waals surface area (Å²) in [5.74, 6) is 0. The lowest BCUT2D eigenvalue weighted by Gasteiger charge is -2.33. The Labute approximate surface area is 143 Å². The fraction of sp³-hybridized carbons (Fsp3) is 0.381. The van der Waals surface area contributed by atoms with E-state index < -0.39 is 0 Å². The molecule has 1 aromatic carbocycles. The maximum Gasteiger partial charge on any atom is 0.0486 e. The van der Waals surface area contributed by atoms with Crippen molar-refractivity contribution in [3.63, 3.8) is 0 Å². The van der Waals surface area contributed by atoms with Gasteiger partial charge in [-0.15, -0.1) is 0 Å². The number of fused-ring (bicyclic) bond motifs is 3. The average molecular weight is 319 g/mol. The zero-order valence-electron chi connectivity index (χ0n) is 14.6. The molecular formula is C21H25N3. The molecule has 3 heterocycles. The lowest BCUT2D eigenvalue weighted by atomic mass is 9.99. The Morgan fingerprint density at radius 2 is 1.92 bits per heavy atom. The summed E-state index contributed by atoms with van der Waals surface area (Å²) in [5.41, 5.74) is 5.83. The Hall–Kier alpha value is -2.13. The number of benzene rings is 1. The van der Waals surface area contributed by atoms with Crippen LogP contribution in [-0.2, 0) is 25.9 Å². The number of pyridine rings is 1. The number of rotatable bonds is 4. The Morgan fingerprint density at radius 3 is 2.71 bits per heavy atom. The molecule has 0 saturated carbocycles. The highest BCUT2D eigenvalue weighted by molar-refractivity contribution is 5.85. The molecule has 2 aromatic heterocycles. The molecule has 0 bridgehead atoms. The van der Waals surface area contributed by atoms with Crippen LogP contribution in [0.5, 0.6) is 0 Å². The van der Waals surface area contributed by atoms with E-state index in [9.17, 15) is 0 Å². The van der Waals surface area contributed by atoms with E-state index >= 15 is 0 Å². The van der Waals surface area contributed by atoms with Gasteiger partial charge < -0.3 is 4.57 Å². The van der Waals surface area contributed by atoms with Crippen molar-refractivity contribution in [3.05, 3.63) is 65.6 Å². The fourth-order valence-electron chi connectivity index (χ4n) is 4.07. The van der Waals surface area contributed by atoms with E-state index in [4.69, 9.17) is 0 Å². The molecule has 24 heavy (non-hydrogen) atoms. The molecule has 3 aromatic rings. The molecule has 0 aliphatic carbocycles. The van der Waals surface area contributed by atoms with Crippen LogP contribution in [0.4, 0.5) is 0 Å². The van der Waals surface area contributed by atoms with Crippen LogP contribution in [0.15, 0.2) is 48.8 Å². The number of aromatic nitrogens is 2. The summed E-state index contributed by atoms with van der Waals surface area (Å²) in [7, 11) is 0. The predicted molar refractivity (Wildman–Crippen MR) is 99.1 cm³/mol. The van der Waals surface area contributed by atoms with Gasteiger partial charge in [-0.3, -0.25) is 9.88 Å². The van der Waals surface area contributed by atoms with Crippen molar-refractivity contribution in [2.45, 2.75) is 45.8 Å². The van der Waals surface area contributed by atoms with Gasteiger partial charge in [0.25, 0.3) is 0 Å². The van der Waals surface area contributed by atoms with Gasteiger partial charge in [0.05, 0.1) is 0 Å². The highest BCUT2D eigenvalue weighted by Crippen LogP contribution is 2.33. The summed E-state index contributed by atoms with van der Waals surface area (Å²) in [6.45, 7) is 7.87. The second-order valence-corrected chi connectivity index (χ2v) is 6.82. The Morgan fingerprint density at radius 1 is 1.12 bits per heavy atom. The molecule has 0 radical (unpaired) electrons. The normalized spacial score (nSPS) is 18.0. The summed E-state index contributed by atoms with van der Waals surface area (Å²) < 4.78 is 2.56. The quantitative estimate of drug-likeness (QED) is 0.723. The standard InChI is InChI=1S/C21H25N3/c1-3-23-15-19-18-6-4-5-7-20(18)24(21(19)14-16(23)2)13-10-17-8-11-22-12-9-17/h4-9,11-12,16H,3,10,13-15H2,1-2H3. The van der Waals surface area contributed by atoms with E-state index in [0.29, 0.717) is 6.04 Å². The predicted octanol–water partition coefficient (Wildman–Crippen LogP) is 4.05. The molecule has 1 aliphatic rings. The molecule has 0 saturated heterocycles. The second kappa shape index (κ2) is 6.40. The summed E-state index contributed by atoms with van der Waals surface area (Å²) in [4.78, 5) is 6.71. The van der Waals surface area contributed by atoms with Crippen molar-refractivity contribution in [2.24, 2.45) is 0 Å². The molecule has 0 N–H and O–H groups in total. The monoisotopic (exact) mass is 319 g/mol. The molecule has 0 amide bonds. The number of aryl methyl sites for hydroxylation is 2. The molecule has 0 fully saturated rings. The van der Waals surface area contributed by atoms with Crippen molar-refractivity contribution < 1.29 is 0 Å². The van der Waals surface area contributed by atoms with E-state index in [1.54, 1.807) is 11.3 Å². The molecule has 0 spiro atoms. The van der Waals surface area contributed by atoms with Crippen LogP contribution in [0.1, 0.15) is 30.7 Å². The molecule has 3 heteroatoms. The van der Waals surface area contributed by atoms with Gasteiger partial charge in [-0.2, -0.15) is 0 Å². The highest BCUT2D eigenvalue weighted by atomic mass is 15.2. The van der Waals surface area contributed by atoms with Gasteiger partial charge in [0.15, 0.2) is 0 Å². The van der Waals surface area contributed by atoms with Crippen LogP contribution in [0.2, 0.25) is 0 Å². The first kappa shape index (κ1) is 15.4. The number of hydrogen-bond donors (Lipinski definition) is 0. The van der Waals surface area contributed by atoms with Gasteiger partial charge in [-0.25, -0.2) is 0 Å². The second-order valence-electron chi connectivity index (χ2n) is 6.82. The summed E-state index contributed by atoms with van der Waals surface area (Å²) in [5, 5.41) is 1.44. The molecule has 4 rings (SSSR count). The number of para-hydroxylation sites is 1. The van der Waals surface area contributed by atoms with Crippen LogP contribution in [0, 0.1) is 0 Å². The van der Waals surface area contributed by atoms with E-state index in [1.807, 2.05) is 12.4 Å². The minimum absolute atomic E-state index is 0.617. The topological polar surface area (TPSA) is 21.1 Å². The first-order valence-corrected chi connectivity index (χ1v) is 9.00. The maximum atomic E-state index is 4.13. The fourth-order valence-corrected chi connectivity index (χ4v) is 4.07. The third kappa shape index (κ3) is 2.63. The van der Waals surface area contributed by atoms with E-state index in [2.05, 4.69) is 64.7 Å². The lowest BCUT2D eigenvalue weighted by molar-refractivity contribution is 0.192. The Balaban J connectivity index is 1.74. The first-order chi connectivity index (χ1) is 11.8. The number of hydrogen-bond acceptors (Lipinski definition) is 2. The van der Waals surface area contributed by atoms with Crippen molar-refractivity contribution in [3.8, 4) is 0 Å². The van der Waals surface area contributed by atoms with Crippen LogP contribution in [0.3, 0.4) is 0 Å². The summed E-state index contributed by atoms with van der Waals surface area (Å²) >= 11 is 0. The summed E-state index contributed by atoms with van der Waals surface area (Å²) in [6, 6.07) is 13.8. The largest absolute Gasteiger partial charge is 0.344 e. The van der Waals surface area contributed by atoms with Gasteiger partial charge in [0, 0.05) is 54.5 Å². The highest BCUT2D eigenvalue weighted by Gasteiger charge is 2.27. The maximum absolute atomic E-state index is 4.13. The van der Waals surface area contributed by atoms with Crippen molar-refractivity contribution in [1.82, 2.24) is 14.5 Å². The first-order valence-electron chi connectivity index (χ1n) is 9.00. The Bertz CT molecular complexity index is 835. The molecule has 1 unspecified atom stereocenters. The van der Waals surface area contributed by atoms with E-state index in [0.717, 1.165) is 32.5 Å². The van der Waals surface area contributed by atoms with Crippen molar-refractivity contribution in [1.29, 1.82) is 0 Å². The van der Waals surface area contributed by atoms with Gasteiger partial charge >= 0.3 is 0 Å². The summed E-state index contributed by atoms with van der Waals surface area (Å²) in [6.07, 6.45) is 5.98. The Kier molecular flexibility index (Phi) is 4.11. The molecular weight excluding hydrogens is 294 g/mol. The zero-order chi connectivity index (χ0) is 16.5. The smallest absolute Gasteiger partial charge is 0.0486 e.